The molecule has 2 bridgehead atoms. The van der Waals surface area contributed by atoms with E-state index in [9.17, 15) is 9.18 Å². The number of piperazine rings is 1. The van der Waals surface area contributed by atoms with Crippen LogP contribution in [0.15, 0.2) is 24.3 Å². The monoisotopic (exact) mass is 429 g/mol. The molecule has 0 aliphatic carbocycles. The van der Waals surface area contributed by atoms with E-state index in [0.717, 1.165) is 42.4 Å². The van der Waals surface area contributed by atoms with Gasteiger partial charge in [0.1, 0.15) is 5.82 Å². The Hall–Kier alpha value is -2.19. The first-order valence-electron chi connectivity index (χ1n) is 10.9. The maximum atomic E-state index is 13.0. The number of likely N-dealkylation sites (N-methyl/N-ethyl adjacent to an activating group) is 1. The highest BCUT2D eigenvalue weighted by atomic mass is 32.1. The Labute approximate surface area is 180 Å². The van der Waals surface area contributed by atoms with E-state index in [1.807, 2.05) is 4.90 Å². The first-order chi connectivity index (χ1) is 14.6. The number of amides is 2. The lowest BCUT2D eigenvalue weighted by molar-refractivity contribution is 0.192. The zero-order chi connectivity index (χ0) is 20.7. The van der Waals surface area contributed by atoms with Crippen LogP contribution in [0.5, 0.6) is 0 Å². The third-order valence-corrected chi connectivity index (χ3v) is 7.69. The lowest BCUT2D eigenvalue weighted by Gasteiger charge is -2.40. The fraction of sp³-hybridized carbons (Fsp3) is 0.545. The van der Waals surface area contributed by atoms with E-state index in [2.05, 4.69) is 22.0 Å². The number of nitrogens with zero attached hydrogens (tertiary/aromatic N) is 4. The summed E-state index contributed by atoms with van der Waals surface area (Å²) in [7, 11) is 0. The topological polar surface area (TPSA) is 51.7 Å². The fourth-order valence-corrected chi connectivity index (χ4v) is 6.18. The molecule has 3 aliphatic rings. The van der Waals surface area contributed by atoms with Crippen molar-refractivity contribution in [2.24, 2.45) is 0 Å². The number of carbonyl (C=O) groups is 1. The summed E-state index contributed by atoms with van der Waals surface area (Å²) in [4.78, 5) is 25.8. The number of likely N-dealkylation sites (tertiary alicyclic amines) is 1. The van der Waals surface area contributed by atoms with Crippen molar-refractivity contribution in [2.45, 2.75) is 51.4 Å². The molecule has 3 aliphatic heterocycles. The van der Waals surface area contributed by atoms with Gasteiger partial charge in [0.05, 0.1) is 12.2 Å². The number of rotatable bonds is 4. The summed E-state index contributed by atoms with van der Waals surface area (Å²) in [6, 6.07) is 7.31. The van der Waals surface area contributed by atoms with Gasteiger partial charge < -0.3 is 15.1 Å². The van der Waals surface area contributed by atoms with Crippen LogP contribution in [0.2, 0.25) is 0 Å². The van der Waals surface area contributed by atoms with Gasteiger partial charge in [-0.25, -0.2) is 14.2 Å². The van der Waals surface area contributed by atoms with Crippen molar-refractivity contribution in [3.8, 4) is 0 Å². The summed E-state index contributed by atoms with van der Waals surface area (Å²) in [6.45, 7) is 7.34. The van der Waals surface area contributed by atoms with Gasteiger partial charge in [-0.2, -0.15) is 0 Å². The molecule has 2 amide bonds. The van der Waals surface area contributed by atoms with Crippen LogP contribution in [0.3, 0.4) is 0 Å². The summed E-state index contributed by atoms with van der Waals surface area (Å²) >= 11 is 1.77. The molecule has 5 rings (SSSR count). The lowest BCUT2D eigenvalue weighted by atomic mass is 10.2. The van der Waals surface area contributed by atoms with Crippen molar-refractivity contribution in [3.05, 3.63) is 46.2 Å². The van der Waals surface area contributed by atoms with Gasteiger partial charge in [-0.15, -0.1) is 0 Å². The second kappa shape index (κ2) is 8.15. The van der Waals surface area contributed by atoms with E-state index in [0.29, 0.717) is 31.7 Å². The third-order valence-electron chi connectivity index (χ3n) is 6.59. The Morgan fingerprint density at radius 2 is 1.97 bits per heavy atom. The molecule has 0 radical (unpaired) electrons. The highest BCUT2D eigenvalue weighted by molar-refractivity contribution is 7.15. The van der Waals surface area contributed by atoms with Gasteiger partial charge >= 0.3 is 6.03 Å². The predicted octanol–water partition coefficient (Wildman–Crippen LogP) is 3.22. The van der Waals surface area contributed by atoms with Crippen LogP contribution in [-0.2, 0) is 19.5 Å². The van der Waals surface area contributed by atoms with Gasteiger partial charge in [-0.3, -0.25) is 4.90 Å². The van der Waals surface area contributed by atoms with Gasteiger partial charge in [0.2, 0.25) is 0 Å². The molecule has 6 nitrogen and oxygen atoms in total. The number of benzene rings is 1. The summed E-state index contributed by atoms with van der Waals surface area (Å²) < 4.78 is 13.0. The standard InChI is InChI=1S/C22H28FN5OS/c1-2-26-12-17-7-8-18(13-26)28(17)22-25-19-9-10-27(14-20(19)30-22)21(29)24-11-15-3-5-16(23)6-4-15/h3-6,17-18H,2,7-14H2,1H3,(H,24,29). The average Bonchev–Trinajstić information content (AvgIpc) is 3.29. The first kappa shape index (κ1) is 19.8. The number of halogens is 1. The third kappa shape index (κ3) is 3.78. The number of hydrogen-bond acceptors (Lipinski definition) is 5. The molecule has 30 heavy (non-hydrogen) atoms. The zero-order valence-corrected chi connectivity index (χ0v) is 18.1. The van der Waals surface area contributed by atoms with Crippen LogP contribution in [0.4, 0.5) is 14.3 Å². The molecule has 2 saturated heterocycles. The molecule has 1 N–H and O–H groups in total. The highest BCUT2D eigenvalue weighted by Gasteiger charge is 2.41. The SMILES string of the molecule is CCN1CC2CCC(C1)N2c1nc2c(s1)CN(C(=O)NCc1ccc(F)cc1)CC2. The van der Waals surface area contributed by atoms with Gasteiger partial charge in [-0.05, 0) is 37.1 Å². The number of urea groups is 1. The normalized spacial score (nSPS) is 23.5. The number of anilines is 1. The summed E-state index contributed by atoms with van der Waals surface area (Å²) in [6.07, 6.45) is 3.31. The minimum absolute atomic E-state index is 0.0726. The Morgan fingerprint density at radius 1 is 1.23 bits per heavy atom. The Bertz CT molecular complexity index is 903. The predicted molar refractivity (Wildman–Crippen MR) is 116 cm³/mol. The van der Waals surface area contributed by atoms with Crippen molar-refractivity contribution in [3.63, 3.8) is 0 Å². The molecule has 160 valence electrons. The zero-order valence-electron chi connectivity index (χ0n) is 17.3. The number of aromatic nitrogens is 1. The first-order valence-corrected chi connectivity index (χ1v) is 11.7. The maximum Gasteiger partial charge on any atom is 0.318 e. The van der Waals surface area contributed by atoms with Crippen molar-refractivity contribution >= 4 is 22.5 Å². The molecule has 1 aromatic carbocycles. The van der Waals surface area contributed by atoms with Gasteiger partial charge in [0.15, 0.2) is 5.13 Å². The summed E-state index contributed by atoms with van der Waals surface area (Å²) in [5.74, 6) is -0.265. The number of thiazole rings is 1. The van der Waals surface area contributed by atoms with E-state index in [1.165, 1.54) is 29.9 Å². The minimum Gasteiger partial charge on any atom is -0.340 e. The molecular formula is C22H28FN5OS. The molecule has 2 aromatic rings. The van der Waals surface area contributed by atoms with E-state index < -0.39 is 0 Å². The highest BCUT2D eigenvalue weighted by Crippen LogP contribution is 2.39. The quantitative estimate of drug-likeness (QED) is 0.811. The van der Waals surface area contributed by atoms with Crippen molar-refractivity contribution in [2.75, 3.05) is 31.1 Å². The van der Waals surface area contributed by atoms with Crippen LogP contribution < -0.4 is 10.2 Å². The molecule has 2 unspecified atom stereocenters. The van der Waals surface area contributed by atoms with Crippen LogP contribution in [0.1, 0.15) is 35.9 Å². The molecular weight excluding hydrogens is 401 g/mol. The van der Waals surface area contributed by atoms with E-state index >= 15 is 0 Å². The fourth-order valence-electron chi connectivity index (χ4n) is 4.92. The van der Waals surface area contributed by atoms with E-state index in [-0.39, 0.29) is 11.8 Å². The molecule has 0 spiro atoms. The lowest BCUT2D eigenvalue weighted by Crippen LogP contribution is -2.53. The maximum absolute atomic E-state index is 13.0. The molecule has 1 aromatic heterocycles. The van der Waals surface area contributed by atoms with Gasteiger partial charge in [-0.1, -0.05) is 30.4 Å². The molecule has 2 fully saturated rings. The van der Waals surface area contributed by atoms with Crippen LogP contribution in [-0.4, -0.2) is 59.1 Å². The number of fused-ring (bicyclic) bond motifs is 3. The minimum atomic E-state index is -0.265. The second-order valence-corrected chi connectivity index (χ2v) is 9.53. The summed E-state index contributed by atoms with van der Waals surface area (Å²) in [5.41, 5.74) is 2.05. The molecule has 0 saturated carbocycles. The Morgan fingerprint density at radius 3 is 2.67 bits per heavy atom. The van der Waals surface area contributed by atoms with Crippen LogP contribution >= 0.6 is 11.3 Å². The second-order valence-electron chi connectivity index (χ2n) is 8.47. The molecule has 2 atom stereocenters. The Kier molecular flexibility index (Phi) is 5.37. The van der Waals surface area contributed by atoms with E-state index in [4.69, 9.17) is 4.98 Å². The number of hydrogen-bond donors (Lipinski definition) is 1. The van der Waals surface area contributed by atoms with Crippen LogP contribution in [0.25, 0.3) is 0 Å². The Balaban J connectivity index is 1.23. The van der Waals surface area contributed by atoms with Gasteiger partial charge in [0.25, 0.3) is 0 Å². The van der Waals surface area contributed by atoms with E-state index in [1.54, 1.807) is 23.5 Å². The largest absolute Gasteiger partial charge is 0.340 e. The average molecular weight is 430 g/mol. The summed E-state index contributed by atoms with van der Waals surface area (Å²) in [5, 5.41) is 4.11. The number of carbonyl (C=O) groups excluding carboxylic acids is 1. The molecule has 4 heterocycles. The van der Waals surface area contributed by atoms with Crippen LogP contribution in [0, 0.1) is 5.82 Å². The smallest absolute Gasteiger partial charge is 0.318 e. The van der Waals surface area contributed by atoms with Gasteiger partial charge in [0, 0.05) is 49.6 Å². The van der Waals surface area contributed by atoms with Crippen molar-refractivity contribution in [1.82, 2.24) is 20.1 Å². The van der Waals surface area contributed by atoms with Crippen molar-refractivity contribution < 1.29 is 9.18 Å². The van der Waals surface area contributed by atoms with Crippen molar-refractivity contribution in [1.29, 1.82) is 0 Å². The number of nitrogens with one attached hydrogen (secondary N) is 1. The molecule has 8 heteroatoms.